The van der Waals surface area contributed by atoms with Gasteiger partial charge in [-0.05, 0) is 36.4 Å². The predicted molar refractivity (Wildman–Crippen MR) is 108 cm³/mol. The third kappa shape index (κ3) is 5.84. The minimum Gasteiger partial charge on any atom is -0.497 e. The summed E-state index contributed by atoms with van der Waals surface area (Å²) >= 11 is 0. The smallest absolute Gasteiger partial charge is 0.319 e. The molecule has 0 saturated carbocycles. The molecule has 0 fully saturated rings. The second-order valence-corrected chi connectivity index (χ2v) is 5.68. The zero-order valence-electron chi connectivity index (χ0n) is 15.3. The molecule has 28 heavy (non-hydrogen) atoms. The molecule has 2 aromatic heterocycles. The minimum absolute atomic E-state index is 0.295. The zero-order valence-corrected chi connectivity index (χ0v) is 15.3. The van der Waals surface area contributed by atoms with Gasteiger partial charge in [0.25, 0.3) is 0 Å². The van der Waals surface area contributed by atoms with Crippen molar-refractivity contribution in [2.45, 2.75) is 0 Å². The lowest BCUT2D eigenvalue weighted by molar-refractivity contribution is 0.252. The van der Waals surface area contributed by atoms with Gasteiger partial charge in [0.2, 0.25) is 0 Å². The number of rotatable bonds is 8. The number of pyridine rings is 1. The molecule has 2 heterocycles. The van der Waals surface area contributed by atoms with Crippen LogP contribution in [0.4, 0.5) is 27.9 Å². The van der Waals surface area contributed by atoms with E-state index in [0.717, 1.165) is 0 Å². The van der Waals surface area contributed by atoms with Gasteiger partial charge < -0.3 is 26.0 Å². The van der Waals surface area contributed by atoms with E-state index in [0.29, 0.717) is 42.0 Å². The van der Waals surface area contributed by atoms with Crippen molar-refractivity contribution in [3.05, 3.63) is 60.8 Å². The van der Waals surface area contributed by atoms with E-state index in [-0.39, 0.29) is 6.03 Å². The molecule has 3 aromatic rings. The highest BCUT2D eigenvalue weighted by Crippen LogP contribution is 2.16. The summed E-state index contributed by atoms with van der Waals surface area (Å²) in [5.41, 5.74) is 0.659. The lowest BCUT2D eigenvalue weighted by atomic mass is 10.3. The molecule has 9 heteroatoms. The molecule has 0 bridgehead atoms. The normalized spacial score (nSPS) is 10.0. The molecule has 0 spiro atoms. The molecule has 144 valence electrons. The van der Waals surface area contributed by atoms with Crippen LogP contribution in [0.25, 0.3) is 0 Å². The van der Waals surface area contributed by atoms with Gasteiger partial charge >= 0.3 is 6.03 Å². The maximum absolute atomic E-state index is 11.9. The fourth-order valence-corrected chi connectivity index (χ4v) is 2.30. The molecule has 4 N–H and O–H groups in total. The monoisotopic (exact) mass is 379 g/mol. The van der Waals surface area contributed by atoms with Crippen LogP contribution in [0.15, 0.2) is 60.8 Å². The first-order valence-electron chi connectivity index (χ1n) is 8.67. The van der Waals surface area contributed by atoms with Crippen LogP contribution in [-0.2, 0) is 0 Å². The lowest BCUT2D eigenvalue weighted by Gasteiger charge is -2.10. The first-order valence-corrected chi connectivity index (χ1v) is 8.67. The van der Waals surface area contributed by atoms with Crippen molar-refractivity contribution in [2.24, 2.45) is 0 Å². The summed E-state index contributed by atoms with van der Waals surface area (Å²) < 4.78 is 5.12. The molecule has 0 saturated heterocycles. The maximum atomic E-state index is 11.9. The van der Waals surface area contributed by atoms with Crippen LogP contribution < -0.4 is 26.0 Å². The number of hydrogen-bond acceptors (Lipinski definition) is 7. The number of benzene rings is 1. The average molecular weight is 379 g/mol. The second kappa shape index (κ2) is 9.72. The Kier molecular flexibility index (Phi) is 6.56. The van der Waals surface area contributed by atoms with Crippen molar-refractivity contribution in [3.8, 4) is 5.75 Å². The fraction of sp³-hybridized carbons (Fsp3) is 0.158. The molecule has 0 radical (unpaired) electrons. The fourth-order valence-electron chi connectivity index (χ4n) is 2.30. The summed E-state index contributed by atoms with van der Waals surface area (Å²) in [6.07, 6.45) is 1.70. The predicted octanol–water partition coefficient (Wildman–Crippen LogP) is 2.86. The largest absolute Gasteiger partial charge is 0.497 e. The van der Waals surface area contributed by atoms with Crippen LogP contribution in [0.2, 0.25) is 0 Å². The van der Waals surface area contributed by atoms with Gasteiger partial charge in [-0.2, -0.15) is 0 Å². The molecular weight excluding hydrogens is 358 g/mol. The number of nitrogens with zero attached hydrogens (tertiary/aromatic N) is 3. The number of anilines is 4. The number of carbonyl (C=O) groups excluding carboxylic acids is 1. The Morgan fingerprint density at radius 3 is 2.57 bits per heavy atom. The van der Waals surface area contributed by atoms with Crippen LogP contribution in [0.5, 0.6) is 5.75 Å². The van der Waals surface area contributed by atoms with E-state index in [9.17, 15) is 4.79 Å². The molecule has 0 unspecified atom stereocenters. The number of ether oxygens (including phenoxy) is 1. The summed E-state index contributed by atoms with van der Waals surface area (Å²) in [6.45, 7) is 0.929. The van der Waals surface area contributed by atoms with E-state index in [1.807, 2.05) is 24.3 Å². The van der Waals surface area contributed by atoms with Crippen molar-refractivity contribution < 1.29 is 9.53 Å². The zero-order chi connectivity index (χ0) is 19.6. The van der Waals surface area contributed by atoms with E-state index >= 15 is 0 Å². The van der Waals surface area contributed by atoms with E-state index < -0.39 is 0 Å². The highest BCUT2D eigenvalue weighted by molar-refractivity contribution is 5.89. The van der Waals surface area contributed by atoms with Crippen molar-refractivity contribution in [3.63, 3.8) is 0 Å². The number of carbonyl (C=O) groups is 1. The minimum atomic E-state index is -0.295. The van der Waals surface area contributed by atoms with Crippen LogP contribution in [-0.4, -0.2) is 41.4 Å². The Labute approximate surface area is 162 Å². The summed E-state index contributed by atoms with van der Waals surface area (Å²) in [4.78, 5) is 16.1. The molecule has 2 amide bonds. The SMILES string of the molecule is COc1cccc(NC(=O)NCCNc2ccc(Nc3ccccn3)nn2)c1. The van der Waals surface area contributed by atoms with Crippen LogP contribution >= 0.6 is 0 Å². The van der Waals surface area contributed by atoms with E-state index in [2.05, 4.69) is 36.4 Å². The number of nitrogens with one attached hydrogen (secondary N) is 4. The first-order chi connectivity index (χ1) is 13.7. The van der Waals surface area contributed by atoms with Gasteiger partial charge in [-0.3, -0.25) is 0 Å². The van der Waals surface area contributed by atoms with Gasteiger partial charge in [0.15, 0.2) is 5.82 Å². The second-order valence-electron chi connectivity index (χ2n) is 5.68. The molecule has 0 atom stereocenters. The highest BCUT2D eigenvalue weighted by atomic mass is 16.5. The Hall–Kier alpha value is -3.88. The average Bonchev–Trinajstić information content (AvgIpc) is 2.73. The topological polar surface area (TPSA) is 113 Å². The first kappa shape index (κ1) is 18.9. The van der Waals surface area contributed by atoms with Gasteiger partial charge in [0.05, 0.1) is 7.11 Å². The molecule has 1 aromatic carbocycles. The van der Waals surface area contributed by atoms with Crippen LogP contribution in [0, 0.1) is 0 Å². The van der Waals surface area contributed by atoms with E-state index in [1.54, 1.807) is 43.6 Å². The molecule has 0 aliphatic rings. The Morgan fingerprint density at radius 1 is 0.964 bits per heavy atom. The van der Waals surface area contributed by atoms with Gasteiger partial charge in [-0.25, -0.2) is 9.78 Å². The summed E-state index contributed by atoms with van der Waals surface area (Å²) in [6, 6.07) is 16.0. The molecule has 3 rings (SSSR count). The lowest BCUT2D eigenvalue weighted by Crippen LogP contribution is -2.32. The highest BCUT2D eigenvalue weighted by Gasteiger charge is 2.03. The van der Waals surface area contributed by atoms with Gasteiger partial charge in [-0.1, -0.05) is 12.1 Å². The number of methoxy groups -OCH3 is 1. The molecule has 0 aliphatic heterocycles. The van der Waals surface area contributed by atoms with Gasteiger partial charge in [0.1, 0.15) is 17.4 Å². The van der Waals surface area contributed by atoms with Gasteiger partial charge in [0, 0.05) is 31.0 Å². The maximum Gasteiger partial charge on any atom is 0.319 e. The molecular formula is C19H21N7O2. The number of hydrogen-bond donors (Lipinski definition) is 4. The molecule has 9 nitrogen and oxygen atoms in total. The van der Waals surface area contributed by atoms with Crippen molar-refractivity contribution >= 4 is 29.2 Å². The van der Waals surface area contributed by atoms with E-state index in [4.69, 9.17) is 4.74 Å². The van der Waals surface area contributed by atoms with Crippen molar-refractivity contribution in [1.82, 2.24) is 20.5 Å². The van der Waals surface area contributed by atoms with Crippen LogP contribution in [0.1, 0.15) is 0 Å². The van der Waals surface area contributed by atoms with Crippen LogP contribution in [0.3, 0.4) is 0 Å². The van der Waals surface area contributed by atoms with Gasteiger partial charge in [-0.15, -0.1) is 10.2 Å². The van der Waals surface area contributed by atoms with Crippen molar-refractivity contribution in [2.75, 3.05) is 36.1 Å². The number of amides is 2. The summed E-state index contributed by atoms with van der Waals surface area (Å²) in [5, 5.41) is 19.8. The summed E-state index contributed by atoms with van der Waals surface area (Å²) in [7, 11) is 1.58. The van der Waals surface area contributed by atoms with Crippen molar-refractivity contribution in [1.29, 1.82) is 0 Å². The third-order valence-electron chi connectivity index (χ3n) is 3.63. The quantitative estimate of drug-likeness (QED) is 0.445. The number of aromatic nitrogens is 3. The third-order valence-corrected chi connectivity index (χ3v) is 3.63. The Morgan fingerprint density at radius 2 is 1.82 bits per heavy atom. The standard InChI is InChI=1S/C19H21N7O2/c1-28-15-6-4-5-14(13-15)23-19(27)22-12-11-21-17-8-9-18(26-25-17)24-16-7-2-3-10-20-16/h2-10,13H,11-12H2,1H3,(H,21,25)(H,20,24,26)(H2,22,23,27). The summed E-state index contributed by atoms with van der Waals surface area (Å²) in [5.74, 6) is 2.59. The van der Waals surface area contributed by atoms with E-state index in [1.165, 1.54) is 0 Å². The number of urea groups is 1. The Bertz CT molecular complexity index is 888. The Balaban J connectivity index is 1.38. The molecule has 0 aliphatic carbocycles.